The van der Waals surface area contributed by atoms with Crippen LogP contribution in [-0.4, -0.2) is 55.7 Å². The number of hydrogen-bond acceptors (Lipinski definition) is 7. The average molecular weight is 701 g/mol. The minimum Gasteiger partial charge on any atom is -0.493 e. The Morgan fingerprint density at radius 3 is 2.20 bits per heavy atom. The Kier molecular flexibility index (Phi) is 10.0. The summed E-state index contributed by atoms with van der Waals surface area (Å²) in [4.78, 5) is 27.9. The molecule has 9 nitrogen and oxygen atoms in total. The van der Waals surface area contributed by atoms with Crippen LogP contribution < -0.4 is 30.7 Å². The molecule has 3 aliphatic heterocycles. The Bertz CT molecular complexity index is 1890. The fraction of sp³-hybridized carbons (Fsp3) is 0.342. The predicted octanol–water partition coefficient (Wildman–Crippen LogP) is 6.46. The third-order valence-corrected chi connectivity index (χ3v) is 10.4. The van der Waals surface area contributed by atoms with Gasteiger partial charge in [-0.25, -0.2) is 4.98 Å². The van der Waals surface area contributed by atoms with Gasteiger partial charge in [-0.1, -0.05) is 77.8 Å². The van der Waals surface area contributed by atoms with Gasteiger partial charge >= 0.3 is 0 Å². The number of hydrogen-bond donors (Lipinski definition) is 4. The number of fused-ring (bicyclic) bond motifs is 1. The SMILES string of the molecule is COc1nc(-c2cccc(-c3cccc(-c4ccc5c(c4)OCC[C@H]5NC[C@@H]4CCC(=O)N4)c3Cl)c2Cl)ccc1CNC[C@H]1CCC(=O)N1. The maximum atomic E-state index is 11.6. The molecule has 0 saturated carbocycles. The highest BCUT2D eigenvalue weighted by atomic mass is 35.5. The van der Waals surface area contributed by atoms with Gasteiger partial charge in [0.2, 0.25) is 17.7 Å². The van der Waals surface area contributed by atoms with Crippen molar-refractivity contribution >= 4 is 35.0 Å². The van der Waals surface area contributed by atoms with Crippen LogP contribution in [0.25, 0.3) is 33.5 Å². The van der Waals surface area contributed by atoms with Crippen molar-refractivity contribution in [2.24, 2.45) is 0 Å². The number of benzene rings is 3. The summed E-state index contributed by atoms with van der Waals surface area (Å²) in [6.45, 7) is 2.59. The molecular formula is C38H39Cl2N5O4. The van der Waals surface area contributed by atoms with E-state index in [0.29, 0.717) is 54.2 Å². The maximum absolute atomic E-state index is 11.6. The number of rotatable bonds is 11. The van der Waals surface area contributed by atoms with Gasteiger partial charge in [0.05, 0.1) is 29.5 Å². The van der Waals surface area contributed by atoms with Crippen molar-refractivity contribution in [2.75, 3.05) is 26.8 Å². The number of methoxy groups -OCH3 is 1. The Morgan fingerprint density at radius 1 is 0.837 bits per heavy atom. The first kappa shape index (κ1) is 33.4. The molecule has 2 fully saturated rings. The maximum Gasteiger partial charge on any atom is 0.220 e. The van der Waals surface area contributed by atoms with E-state index < -0.39 is 0 Å². The van der Waals surface area contributed by atoms with Crippen LogP contribution in [0.2, 0.25) is 10.0 Å². The van der Waals surface area contributed by atoms with E-state index in [4.69, 9.17) is 37.7 Å². The molecule has 0 bridgehead atoms. The predicted molar refractivity (Wildman–Crippen MR) is 192 cm³/mol. The second kappa shape index (κ2) is 14.8. The number of carbonyl (C=O) groups is 2. The van der Waals surface area contributed by atoms with Crippen LogP contribution in [0.5, 0.6) is 11.6 Å². The first-order valence-corrected chi connectivity index (χ1v) is 17.5. The smallest absolute Gasteiger partial charge is 0.220 e. The van der Waals surface area contributed by atoms with Crippen molar-refractivity contribution in [3.63, 3.8) is 0 Å². The molecule has 3 aromatic carbocycles. The van der Waals surface area contributed by atoms with Gasteiger partial charge < -0.3 is 30.7 Å². The summed E-state index contributed by atoms with van der Waals surface area (Å²) < 4.78 is 11.8. The zero-order valence-electron chi connectivity index (χ0n) is 27.3. The lowest BCUT2D eigenvalue weighted by Crippen LogP contribution is -2.38. The average Bonchev–Trinajstić information content (AvgIpc) is 3.74. The zero-order valence-corrected chi connectivity index (χ0v) is 28.8. The lowest BCUT2D eigenvalue weighted by molar-refractivity contribution is -0.120. The van der Waals surface area contributed by atoms with E-state index in [1.165, 1.54) is 0 Å². The third kappa shape index (κ3) is 7.26. The number of carbonyl (C=O) groups excluding carboxylic acids is 2. The van der Waals surface area contributed by atoms with E-state index in [2.05, 4.69) is 39.5 Å². The minimum absolute atomic E-state index is 0.103. The molecule has 0 aliphatic carbocycles. The summed E-state index contributed by atoms with van der Waals surface area (Å²) in [5.41, 5.74) is 6.92. The van der Waals surface area contributed by atoms with E-state index in [1.54, 1.807) is 7.11 Å². The summed E-state index contributed by atoms with van der Waals surface area (Å²) in [5, 5.41) is 14.2. The highest BCUT2D eigenvalue weighted by Gasteiger charge is 2.26. The number of pyridine rings is 1. The molecule has 3 atom stereocenters. The van der Waals surface area contributed by atoms with Crippen LogP contribution in [0.4, 0.5) is 0 Å². The molecule has 0 unspecified atom stereocenters. The lowest BCUT2D eigenvalue weighted by Gasteiger charge is -2.28. The monoisotopic (exact) mass is 699 g/mol. The Labute approximate surface area is 296 Å². The van der Waals surface area contributed by atoms with Crippen molar-refractivity contribution < 1.29 is 19.1 Å². The Hall–Kier alpha value is -4.15. The van der Waals surface area contributed by atoms with Gasteiger partial charge in [-0.2, -0.15) is 0 Å². The first-order valence-electron chi connectivity index (χ1n) is 16.8. The number of nitrogens with zero attached hydrogens (tertiary/aromatic N) is 1. The number of amides is 2. The third-order valence-electron chi connectivity index (χ3n) is 9.55. The molecule has 2 amide bonds. The summed E-state index contributed by atoms with van der Waals surface area (Å²) in [6.07, 6.45) is 3.73. The quantitative estimate of drug-likeness (QED) is 0.142. The van der Waals surface area contributed by atoms with Crippen molar-refractivity contribution in [3.05, 3.63) is 87.9 Å². The van der Waals surface area contributed by atoms with E-state index >= 15 is 0 Å². The molecule has 3 aliphatic rings. The number of ether oxygens (including phenoxy) is 2. The summed E-state index contributed by atoms with van der Waals surface area (Å²) in [7, 11) is 1.61. The van der Waals surface area contributed by atoms with Gasteiger partial charge in [0.25, 0.3) is 0 Å². The fourth-order valence-corrected chi connectivity index (χ4v) is 7.59. The van der Waals surface area contributed by atoms with Gasteiger partial charge in [0, 0.05) is 90.4 Å². The standard InChI is InChI=1S/C38H39Cl2N5O4/c1-48-38-23(19-41-20-24-10-14-34(46)43-24)9-13-32(45-38)30-7-3-6-28(37(30)40)27-5-2-4-26(36(27)39)22-8-12-29-31(16-17-49-33(29)18-22)42-21-25-11-15-35(47)44-25/h2-9,12-13,18,24-25,31,41-42H,10-11,14-17,19-21H2,1H3,(H,43,46)(H,44,47)/t24-,25+,31-/m1/s1. The van der Waals surface area contributed by atoms with Gasteiger partial charge in [0.15, 0.2) is 0 Å². The fourth-order valence-electron chi connectivity index (χ4n) is 6.93. The molecule has 2 saturated heterocycles. The van der Waals surface area contributed by atoms with Crippen LogP contribution in [0.15, 0.2) is 66.7 Å². The minimum atomic E-state index is 0.103. The van der Waals surface area contributed by atoms with Crippen LogP contribution in [0.1, 0.15) is 49.3 Å². The van der Waals surface area contributed by atoms with Crippen molar-refractivity contribution in [1.29, 1.82) is 0 Å². The molecule has 0 spiro atoms. The van der Waals surface area contributed by atoms with Gasteiger partial charge in [0.1, 0.15) is 5.75 Å². The number of nitrogens with one attached hydrogen (secondary N) is 4. The van der Waals surface area contributed by atoms with Gasteiger partial charge in [-0.15, -0.1) is 0 Å². The first-order chi connectivity index (χ1) is 23.9. The second-order valence-corrected chi connectivity index (χ2v) is 13.5. The number of aromatic nitrogens is 1. The normalized spacial score (nSPS) is 20.0. The summed E-state index contributed by atoms with van der Waals surface area (Å²) >= 11 is 14.3. The van der Waals surface area contributed by atoms with Crippen LogP contribution in [-0.2, 0) is 16.1 Å². The summed E-state index contributed by atoms with van der Waals surface area (Å²) in [5.74, 6) is 1.58. The zero-order chi connectivity index (χ0) is 33.9. The van der Waals surface area contributed by atoms with E-state index in [9.17, 15) is 9.59 Å². The molecule has 4 heterocycles. The molecule has 4 aromatic rings. The Morgan fingerprint density at radius 2 is 1.51 bits per heavy atom. The van der Waals surface area contributed by atoms with Crippen molar-refractivity contribution in [1.82, 2.24) is 26.3 Å². The second-order valence-electron chi connectivity index (χ2n) is 12.8. The van der Waals surface area contributed by atoms with Crippen molar-refractivity contribution in [3.8, 4) is 45.1 Å². The number of halogens is 2. The molecule has 0 radical (unpaired) electrons. The van der Waals surface area contributed by atoms with E-state index in [-0.39, 0.29) is 29.9 Å². The molecule has 49 heavy (non-hydrogen) atoms. The van der Waals surface area contributed by atoms with Gasteiger partial charge in [-0.05, 0) is 30.5 Å². The summed E-state index contributed by atoms with van der Waals surface area (Å²) in [6, 6.07) is 22.5. The molecule has 254 valence electrons. The molecule has 4 N–H and O–H groups in total. The van der Waals surface area contributed by atoms with Crippen LogP contribution in [0, 0.1) is 0 Å². The highest BCUT2D eigenvalue weighted by Crippen LogP contribution is 2.44. The molecule has 11 heteroatoms. The largest absolute Gasteiger partial charge is 0.493 e. The van der Waals surface area contributed by atoms with E-state index in [1.807, 2.05) is 48.5 Å². The lowest BCUT2D eigenvalue weighted by atomic mass is 9.94. The highest BCUT2D eigenvalue weighted by molar-refractivity contribution is 6.39. The topological polar surface area (TPSA) is 114 Å². The van der Waals surface area contributed by atoms with Crippen LogP contribution >= 0.6 is 23.2 Å². The molecular weight excluding hydrogens is 661 g/mol. The van der Waals surface area contributed by atoms with Crippen LogP contribution in [0.3, 0.4) is 0 Å². The van der Waals surface area contributed by atoms with Crippen molar-refractivity contribution in [2.45, 2.75) is 56.8 Å². The Balaban J connectivity index is 1.10. The molecule has 7 rings (SSSR count). The van der Waals surface area contributed by atoms with Gasteiger partial charge in [-0.3, -0.25) is 9.59 Å². The molecule has 1 aromatic heterocycles. The van der Waals surface area contributed by atoms with E-state index in [0.717, 1.165) is 70.5 Å².